The van der Waals surface area contributed by atoms with Crippen LogP contribution in [0.1, 0.15) is 25.5 Å². The maximum atomic E-state index is 11.3. The summed E-state index contributed by atoms with van der Waals surface area (Å²) in [5.41, 5.74) is 0. The van der Waals surface area contributed by atoms with Crippen LogP contribution in [0.4, 0.5) is 0 Å². The minimum Gasteiger partial charge on any atom is -0.467 e. The van der Waals surface area contributed by atoms with Gasteiger partial charge in [-0.15, -0.1) is 24.0 Å². The summed E-state index contributed by atoms with van der Waals surface area (Å²) in [5.74, 6) is 1.37. The summed E-state index contributed by atoms with van der Waals surface area (Å²) >= 11 is 0. The van der Waals surface area contributed by atoms with Gasteiger partial charge in [-0.2, -0.15) is 0 Å². The number of hydrogen-bond donors (Lipinski definition) is 2. The van der Waals surface area contributed by atoms with Gasteiger partial charge in [0.1, 0.15) is 22.1 Å². The molecule has 138 valence electrons. The van der Waals surface area contributed by atoms with Gasteiger partial charge in [-0.05, 0) is 31.9 Å². The molecule has 0 spiro atoms. The second-order valence-corrected chi connectivity index (χ2v) is 8.05. The van der Waals surface area contributed by atoms with E-state index in [1.54, 1.807) is 6.26 Å². The average molecular weight is 471 g/mol. The van der Waals surface area contributed by atoms with E-state index in [1.165, 1.54) is 6.26 Å². The van der Waals surface area contributed by atoms with Gasteiger partial charge in [0.15, 0.2) is 5.96 Å². The van der Waals surface area contributed by atoms with Crippen molar-refractivity contribution in [3.8, 4) is 0 Å². The van der Waals surface area contributed by atoms with E-state index in [1.807, 2.05) is 19.1 Å². The highest BCUT2D eigenvalue weighted by molar-refractivity contribution is 14.0. The van der Waals surface area contributed by atoms with Crippen LogP contribution in [0.5, 0.6) is 0 Å². The molecule has 7 nitrogen and oxygen atoms in total. The summed E-state index contributed by atoms with van der Waals surface area (Å²) < 4.78 is 33.4. The van der Waals surface area contributed by atoms with Gasteiger partial charge in [-0.1, -0.05) is 0 Å². The molecule has 1 aliphatic heterocycles. The molecule has 9 heteroatoms. The Kier molecular flexibility index (Phi) is 9.06. The average Bonchev–Trinajstić information content (AvgIpc) is 3.16. The Balaban J connectivity index is 0.00000288. The summed E-state index contributed by atoms with van der Waals surface area (Å²) in [6.07, 6.45) is 5.06. The van der Waals surface area contributed by atoms with Crippen LogP contribution in [0.2, 0.25) is 0 Å². The second-order valence-electron chi connectivity index (χ2n) is 5.79. The smallest absolute Gasteiger partial charge is 0.192 e. The van der Waals surface area contributed by atoms with Crippen molar-refractivity contribution in [2.45, 2.75) is 38.5 Å². The van der Waals surface area contributed by atoms with Gasteiger partial charge in [0.25, 0.3) is 0 Å². The first-order valence-corrected chi connectivity index (χ1v) is 9.86. The largest absolute Gasteiger partial charge is 0.467 e. The normalized spacial score (nSPS) is 19.6. The molecule has 0 saturated carbocycles. The van der Waals surface area contributed by atoms with Gasteiger partial charge in [0.2, 0.25) is 0 Å². The van der Waals surface area contributed by atoms with E-state index in [0.29, 0.717) is 19.0 Å². The lowest BCUT2D eigenvalue weighted by Gasteiger charge is -2.22. The Morgan fingerprint density at radius 2 is 2.29 bits per heavy atom. The van der Waals surface area contributed by atoms with Crippen molar-refractivity contribution in [3.63, 3.8) is 0 Å². The van der Waals surface area contributed by atoms with Crippen molar-refractivity contribution < 1.29 is 17.6 Å². The number of aliphatic imine (C=N–C) groups is 1. The Labute approximate surface area is 160 Å². The molecule has 0 radical (unpaired) electrons. The highest BCUT2D eigenvalue weighted by Crippen LogP contribution is 2.15. The molecule has 24 heavy (non-hydrogen) atoms. The fourth-order valence-electron chi connectivity index (χ4n) is 2.37. The number of hydrogen-bond acceptors (Lipinski definition) is 5. The van der Waals surface area contributed by atoms with Crippen LogP contribution in [-0.2, 0) is 21.1 Å². The maximum Gasteiger partial charge on any atom is 0.192 e. The van der Waals surface area contributed by atoms with Crippen molar-refractivity contribution in [2.24, 2.45) is 4.99 Å². The molecule has 2 N–H and O–H groups in total. The first-order valence-electron chi connectivity index (χ1n) is 7.80. The lowest BCUT2D eigenvalue weighted by Crippen LogP contribution is -2.48. The summed E-state index contributed by atoms with van der Waals surface area (Å²) in [5, 5.41) is 6.34. The molecule has 1 aromatic rings. The Hall–Kier alpha value is -0.810. The van der Waals surface area contributed by atoms with E-state index in [4.69, 9.17) is 9.15 Å². The number of nitrogens with zero attached hydrogens (tertiary/aromatic N) is 1. The van der Waals surface area contributed by atoms with Gasteiger partial charge in [0.05, 0.1) is 24.2 Å². The van der Waals surface area contributed by atoms with Gasteiger partial charge >= 0.3 is 0 Å². The standard InChI is InChI=1S/C15H25N3O4S.HI/c1-12(14-6-4-9-22-14)18-15(16-7-10-23(2,19)20)17-11-13-5-3-8-21-13;/h3,5,8,12,14H,4,6-7,9-11H2,1-2H3,(H2,16,17,18);1H. The molecule has 0 amide bonds. The monoisotopic (exact) mass is 471 g/mol. The first-order chi connectivity index (χ1) is 10.9. The molecule has 0 aromatic carbocycles. The van der Waals surface area contributed by atoms with E-state index in [9.17, 15) is 8.42 Å². The van der Waals surface area contributed by atoms with Crippen molar-refractivity contribution in [2.75, 3.05) is 25.2 Å². The van der Waals surface area contributed by atoms with Crippen molar-refractivity contribution in [1.29, 1.82) is 0 Å². The molecular formula is C15H26IN3O4S. The van der Waals surface area contributed by atoms with Crippen LogP contribution in [0.3, 0.4) is 0 Å². The Morgan fingerprint density at radius 1 is 1.50 bits per heavy atom. The summed E-state index contributed by atoms with van der Waals surface area (Å²) in [6, 6.07) is 3.75. The molecule has 2 atom stereocenters. The fraction of sp³-hybridized carbons (Fsp3) is 0.667. The molecule has 1 aromatic heterocycles. The second kappa shape index (κ2) is 10.2. The summed E-state index contributed by atoms with van der Waals surface area (Å²) in [4.78, 5) is 4.45. The molecule has 2 heterocycles. The molecule has 1 aliphatic rings. The third kappa shape index (κ3) is 7.84. The zero-order valence-electron chi connectivity index (χ0n) is 14.0. The van der Waals surface area contributed by atoms with Crippen LogP contribution in [0.25, 0.3) is 0 Å². The minimum atomic E-state index is -3.01. The molecule has 2 unspecified atom stereocenters. The molecular weight excluding hydrogens is 445 g/mol. The van der Waals surface area contributed by atoms with Gasteiger partial charge in [0, 0.05) is 19.4 Å². The quantitative estimate of drug-likeness (QED) is 0.356. The van der Waals surface area contributed by atoms with E-state index in [2.05, 4.69) is 15.6 Å². The lowest BCUT2D eigenvalue weighted by atomic mass is 10.1. The Morgan fingerprint density at radius 3 is 2.88 bits per heavy atom. The number of sulfone groups is 1. The predicted molar refractivity (Wildman–Crippen MR) is 105 cm³/mol. The van der Waals surface area contributed by atoms with Crippen LogP contribution in [0.15, 0.2) is 27.8 Å². The topological polar surface area (TPSA) is 92.9 Å². The van der Waals surface area contributed by atoms with Gasteiger partial charge in [-0.3, -0.25) is 0 Å². The third-order valence-corrected chi connectivity index (χ3v) is 4.57. The highest BCUT2D eigenvalue weighted by Gasteiger charge is 2.23. The van der Waals surface area contributed by atoms with Crippen LogP contribution >= 0.6 is 24.0 Å². The number of ether oxygens (including phenoxy) is 1. The predicted octanol–water partition coefficient (Wildman–Crippen LogP) is 1.54. The van der Waals surface area contributed by atoms with Gasteiger partial charge < -0.3 is 19.8 Å². The van der Waals surface area contributed by atoms with Crippen LogP contribution < -0.4 is 10.6 Å². The number of nitrogens with one attached hydrogen (secondary N) is 2. The van der Waals surface area contributed by atoms with Crippen molar-refractivity contribution in [3.05, 3.63) is 24.2 Å². The third-order valence-electron chi connectivity index (χ3n) is 3.63. The highest BCUT2D eigenvalue weighted by atomic mass is 127. The van der Waals surface area contributed by atoms with E-state index >= 15 is 0 Å². The number of guanidine groups is 1. The SMILES string of the molecule is CC(NC(=NCc1ccco1)NCCS(C)(=O)=O)C1CCCO1.I. The summed E-state index contributed by atoms with van der Waals surface area (Å²) in [7, 11) is -3.01. The zero-order valence-corrected chi connectivity index (χ0v) is 17.2. The van der Waals surface area contributed by atoms with Crippen LogP contribution in [0, 0.1) is 0 Å². The van der Waals surface area contributed by atoms with Gasteiger partial charge in [-0.25, -0.2) is 13.4 Å². The number of halogens is 1. The first kappa shape index (κ1) is 21.2. The minimum absolute atomic E-state index is 0. The summed E-state index contributed by atoms with van der Waals surface area (Å²) in [6.45, 7) is 3.52. The van der Waals surface area contributed by atoms with E-state index in [-0.39, 0.29) is 41.9 Å². The Bertz CT molecular complexity index is 598. The molecule has 2 rings (SSSR count). The number of furan rings is 1. The van der Waals surface area contributed by atoms with E-state index < -0.39 is 9.84 Å². The zero-order chi connectivity index (χ0) is 16.7. The van der Waals surface area contributed by atoms with Crippen LogP contribution in [-0.4, -0.2) is 51.7 Å². The molecule has 1 fully saturated rings. The lowest BCUT2D eigenvalue weighted by molar-refractivity contribution is 0.0890. The van der Waals surface area contributed by atoms with E-state index in [0.717, 1.165) is 25.2 Å². The fourth-order valence-corrected chi connectivity index (χ4v) is 2.85. The van der Waals surface area contributed by atoms with Crippen molar-refractivity contribution in [1.82, 2.24) is 10.6 Å². The molecule has 0 aliphatic carbocycles. The molecule has 1 saturated heterocycles. The molecule has 0 bridgehead atoms. The van der Waals surface area contributed by atoms with Crippen molar-refractivity contribution >= 4 is 39.8 Å². The number of rotatable bonds is 7. The maximum absolute atomic E-state index is 11.3.